The molecule has 0 unspecified atom stereocenters. The monoisotopic (exact) mass is 513 g/mol. The van der Waals surface area contributed by atoms with Crippen molar-refractivity contribution in [3.8, 4) is 11.5 Å². The lowest BCUT2D eigenvalue weighted by atomic mass is 10.2. The molecule has 0 aliphatic rings. The minimum atomic E-state index is 0.392. The lowest BCUT2D eigenvalue weighted by Crippen LogP contribution is -2.04. The predicted molar refractivity (Wildman–Crippen MR) is 125 cm³/mol. The van der Waals surface area contributed by atoms with E-state index in [2.05, 4.69) is 21.2 Å². The van der Waals surface area contributed by atoms with Crippen LogP contribution >= 0.6 is 50.7 Å². The molecule has 0 heterocycles. The molecule has 0 spiro atoms. The molecular formula is C22H19BrCl3NO2. The van der Waals surface area contributed by atoms with Crippen LogP contribution < -0.4 is 14.8 Å². The van der Waals surface area contributed by atoms with Crippen molar-refractivity contribution in [3.63, 3.8) is 0 Å². The average molecular weight is 516 g/mol. The molecule has 0 aliphatic carbocycles. The van der Waals surface area contributed by atoms with Gasteiger partial charge in [0.25, 0.3) is 0 Å². The molecule has 0 aliphatic heterocycles. The molecule has 0 atom stereocenters. The summed E-state index contributed by atoms with van der Waals surface area (Å²) in [4.78, 5) is 0. The van der Waals surface area contributed by atoms with E-state index in [9.17, 15) is 0 Å². The quantitative estimate of drug-likeness (QED) is 0.330. The summed E-state index contributed by atoms with van der Waals surface area (Å²) in [6.45, 7) is 3.40. The molecule has 3 rings (SSSR count). The van der Waals surface area contributed by atoms with Gasteiger partial charge in [-0.3, -0.25) is 0 Å². The van der Waals surface area contributed by atoms with Crippen molar-refractivity contribution >= 4 is 56.4 Å². The highest BCUT2D eigenvalue weighted by atomic mass is 79.9. The Morgan fingerprint density at radius 3 is 2.41 bits per heavy atom. The normalized spacial score (nSPS) is 10.7. The molecule has 0 saturated carbocycles. The van der Waals surface area contributed by atoms with Crippen LogP contribution in [0.3, 0.4) is 0 Å². The van der Waals surface area contributed by atoms with Crippen LogP contribution in [-0.2, 0) is 13.2 Å². The molecule has 3 nitrogen and oxygen atoms in total. The smallest absolute Gasteiger partial charge is 0.162 e. The molecular weight excluding hydrogens is 497 g/mol. The van der Waals surface area contributed by atoms with Gasteiger partial charge in [0.05, 0.1) is 17.3 Å². The second kappa shape index (κ2) is 10.4. The Balaban J connectivity index is 1.77. The molecule has 0 aromatic heterocycles. The Morgan fingerprint density at radius 2 is 1.66 bits per heavy atom. The molecule has 1 N–H and O–H groups in total. The van der Waals surface area contributed by atoms with Crippen LogP contribution in [0.5, 0.6) is 11.5 Å². The summed E-state index contributed by atoms with van der Waals surface area (Å²) in [7, 11) is 0. The number of benzene rings is 3. The van der Waals surface area contributed by atoms with Gasteiger partial charge in [0, 0.05) is 21.1 Å². The largest absolute Gasteiger partial charge is 0.490 e. The molecule has 3 aromatic carbocycles. The number of halogens is 4. The SMILES string of the molecule is CCOc1cc(CNc2cc(Cl)ccc2Cl)c(Br)cc1OCc1cccc(Cl)c1. The van der Waals surface area contributed by atoms with Crippen LogP contribution in [0.4, 0.5) is 5.69 Å². The van der Waals surface area contributed by atoms with Crippen molar-refractivity contribution in [2.45, 2.75) is 20.1 Å². The van der Waals surface area contributed by atoms with E-state index in [4.69, 9.17) is 44.3 Å². The number of hydrogen-bond acceptors (Lipinski definition) is 3. The van der Waals surface area contributed by atoms with E-state index in [1.54, 1.807) is 18.2 Å². The summed E-state index contributed by atoms with van der Waals surface area (Å²) in [6.07, 6.45) is 0. The first-order chi connectivity index (χ1) is 14.0. The second-order valence-electron chi connectivity index (χ2n) is 6.22. The van der Waals surface area contributed by atoms with Gasteiger partial charge in [-0.15, -0.1) is 0 Å². The Hall–Kier alpha value is -1.59. The zero-order valence-corrected chi connectivity index (χ0v) is 19.5. The highest BCUT2D eigenvalue weighted by molar-refractivity contribution is 9.10. The Labute approximate surface area is 194 Å². The molecule has 0 amide bonds. The number of anilines is 1. The minimum absolute atomic E-state index is 0.392. The van der Waals surface area contributed by atoms with Crippen molar-refractivity contribution in [2.75, 3.05) is 11.9 Å². The fraction of sp³-hybridized carbons (Fsp3) is 0.182. The first-order valence-electron chi connectivity index (χ1n) is 8.97. The molecule has 3 aromatic rings. The van der Waals surface area contributed by atoms with E-state index in [0.717, 1.165) is 21.3 Å². The van der Waals surface area contributed by atoms with E-state index in [-0.39, 0.29) is 0 Å². The van der Waals surface area contributed by atoms with Gasteiger partial charge >= 0.3 is 0 Å². The maximum atomic E-state index is 6.23. The van der Waals surface area contributed by atoms with Crippen LogP contribution in [-0.4, -0.2) is 6.61 Å². The zero-order chi connectivity index (χ0) is 20.8. The van der Waals surface area contributed by atoms with Crippen LogP contribution in [0.25, 0.3) is 0 Å². The summed E-state index contributed by atoms with van der Waals surface area (Å²) in [5.74, 6) is 1.33. The van der Waals surface area contributed by atoms with Gasteiger partial charge in [0.2, 0.25) is 0 Å². The summed E-state index contributed by atoms with van der Waals surface area (Å²) in [6, 6.07) is 16.8. The summed E-state index contributed by atoms with van der Waals surface area (Å²) in [5, 5.41) is 5.21. The fourth-order valence-electron chi connectivity index (χ4n) is 2.71. The number of hydrogen-bond donors (Lipinski definition) is 1. The number of nitrogens with one attached hydrogen (secondary N) is 1. The molecule has 29 heavy (non-hydrogen) atoms. The summed E-state index contributed by atoms with van der Waals surface area (Å²) in [5.41, 5.74) is 2.75. The molecule has 7 heteroatoms. The van der Waals surface area contributed by atoms with Crippen molar-refractivity contribution in [1.82, 2.24) is 0 Å². The Morgan fingerprint density at radius 1 is 0.897 bits per heavy atom. The predicted octanol–water partition coefficient (Wildman–Crippen LogP) is 8.00. The highest BCUT2D eigenvalue weighted by Crippen LogP contribution is 2.35. The first-order valence-corrected chi connectivity index (χ1v) is 10.9. The molecule has 0 radical (unpaired) electrons. The van der Waals surface area contributed by atoms with Gasteiger partial charge in [-0.25, -0.2) is 0 Å². The van der Waals surface area contributed by atoms with Crippen molar-refractivity contribution in [3.05, 3.63) is 85.3 Å². The van der Waals surface area contributed by atoms with E-state index in [1.165, 1.54) is 0 Å². The van der Waals surface area contributed by atoms with E-state index >= 15 is 0 Å². The molecule has 152 valence electrons. The second-order valence-corrected chi connectivity index (χ2v) is 8.35. The van der Waals surface area contributed by atoms with E-state index in [1.807, 2.05) is 43.3 Å². The van der Waals surface area contributed by atoms with Gasteiger partial charge in [-0.1, -0.05) is 62.9 Å². The molecule has 0 fully saturated rings. The van der Waals surface area contributed by atoms with Gasteiger partial charge in [-0.2, -0.15) is 0 Å². The lowest BCUT2D eigenvalue weighted by Gasteiger charge is -2.16. The minimum Gasteiger partial charge on any atom is -0.490 e. The Kier molecular flexibility index (Phi) is 7.96. The third-order valence-electron chi connectivity index (χ3n) is 4.09. The van der Waals surface area contributed by atoms with Gasteiger partial charge in [0.1, 0.15) is 6.61 Å². The van der Waals surface area contributed by atoms with Gasteiger partial charge in [0.15, 0.2) is 11.5 Å². The maximum Gasteiger partial charge on any atom is 0.162 e. The summed E-state index contributed by atoms with van der Waals surface area (Å²) >= 11 is 22.0. The van der Waals surface area contributed by atoms with Gasteiger partial charge in [-0.05, 0) is 60.5 Å². The molecule has 0 saturated heterocycles. The highest BCUT2D eigenvalue weighted by Gasteiger charge is 2.12. The first kappa shape index (κ1) is 22.1. The van der Waals surface area contributed by atoms with Crippen molar-refractivity contribution < 1.29 is 9.47 Å². The van der Waals surface area contributed by atoms with Gasteiger partial charge < -0.3 is 14.8 Å². The Bertz CT molecular complexity index is 998. The van der Waals surface area contributed by atoms with Crippen LogP contribution in [0.1, 0.15) is 18.1 Å². The third kappa shape index (κ3) is 6.19. The number of rotatable bonds is 8. The molecule has 0 bridgehead atoms. The lowest BCUT2D eigenvalue weighted by molar-refractivity contribution is 0.269. The average Bonchev–Trinajstić information content (AvgIpc) is 2.69. The van der Waals surface area contributed by atoms with Crippen LogP contribution in [0.15, 0.2) is 59.1 Å². The topological polar surface area (TPSA) is 30.5 Å². The van der Waals surface area contributed by atoms with E-state index in [0.29, 0.717) is 46.3 Å². The summed E-state index contributed by atoms with van der Waals surface area (Å²) < 4.78 is 12.7. The van der Waals surface area contributed by atoms with Crippen LogP contribution in [0.2, 0.25) is 15.1 Å². The van der Waals surface area contributed by atoms with Crippen molar-refractivity contribution in [2.24, 2.45) is 0 Å². The van der Waals surface area contributed by atoms with Crippen LogP contribution in [0, 0.1) is 0 Å². The zero-order valence-electron chi connectivity index (χ0n) is 15.6. The standard InChI is InChI=1S/C22H19BrCl3NO2/c1-2-28-21-9-15(12-27-20-10-17(25)6-7-19(20)26)18(23)11-22(21)29-13-14-4-3-5-16(24)8-14/h3-11,27H,2,12-13H2,1H3. The third-order valence-corrected chi connectivity index (χ3v) is 5.63. The maximum absolute atomic E-state index is 6.23. The number of ether oxygens (including phenoxy) is 2. The van der Waals surface area contributed by atoms with E-state index < -0.39 is 0 Å². The fourth-order valence-corrected chi connectivity index (χ4v) is 3.74. The van der Waals surface area contributed by atoms with Crippen molar-refractivity contribution in [1.29, 1.82) is 0 Å².